The van der Waals surface area contributed by atoms with E-state index < -0.39 is 0 Å². The summed E-state index contributed by atoms with van der Waals surface area (Å²) in [7, 11) is 0. The van der Waals surface area contributed by atoms with Gasteiger partial charge in [-0.05, 0) is 31.0 Å². The molecule has 0 aliphatic rings. The summed E-state index contributed by atoms with van der Waals surface area (Å²) < 4.78 is 1.74. The second-order valence-corrected chi connectivity index (χ2v) is 5.54. The van der Waals surface area contributed by atoms with Gasteiger partial charge in [-0.15, -0.1) is 0 Å². The SMILES string of the molecule is CCC(CC)C(=O)Nc1ccc2c(c1)nc(N)n2CCC(N)=O. The number of nitrogens with two attached hydrogens (primary N) is 2. The second-order valence-electron chi connectivity index (χ2n) is 5.54. The zero-order chi connectivity index (χ0) is 17.0. The molecule has 0 radical (unpaired) electrons. The lowest BCUT2D eigenvalue weighted by Crippen LogP contribution is -2.21. The number of aryl methyl sites for hydroxylation is 1. The molecule has 1 heterocycles. The summed E-state index contributed by atoms with van der Waals surface area (Å²) in [6.45, 7) is 4.38. The van der Waals surface area contributed by atoms with Crippen molar-refractivity contribution >= 4 is 34.5 Å². The molecule has 0 atom stereocenters. The maximum Gasteiger partial charge on any atom is 0.227 e. The van der Waals surface area contributed by atoms with Crippen molar-refractivity contribution in [2.24, 2.45) is 11.7 Å². The molecule has 0 aliphatic heterocycles. The summed E-state index contributed by atoms with van der Waals surface area (Å²) in [5.41, 5.74) is 13.2. The first-order chi connectivity index (χ1) is 11.0. The van der Waals surface area contributed by atoms with Gasteiger partial charge in [-0.3, -0.25) is 9.59 Å². The van der Waals surface area contributed by atoms with Crippen LogP contribution in [0.4, 0.5) is 11.6 Å². The van der Waals surface area contributed by atoms with Gasteiger partial charge in [-0.25, -0.2) is 4.98 Å². The monoisotopic (exact) mass is 317 g/mol. The number of aromatic nitrogens is 2. The van der Waals surface area contributed by atoms with E-state index in [0.29, 0.717) is 23.7 Å². The van der Waals surface area contributed by atoms with Crippen molar-refractivity contribution in [1.29, 1.82) is 0 Å². The Hall–Kier alpha value is -2.57. The van der Waals surface area contributed by atoms with Crippen molar-refractivity contribution in [3.63, 3.8) is 0 Å². The van der Waals surface area contributed by atoms with E-state index in [9.17, 15) is 9.59 Å². The minimum atomic E-state index is -0.389. The Kier molecular flexibility index (Phi) is 5.20. The standard InChI is InChI=1S/C16H23N5O2/c1-3-10(4-2)15(23)19-11-5-6-13-12(9-11)20-16(18)21(13)8-7-14(17)22/h5-6,9-10H,3-4,7-8H2,1-2H3,(H2,17,22)(H2,18,20)(H,19,23). The summed E-state index contributed by atoms with van der Waals surface area (Å²) in [5, 5.41) is 2.91. The van der Waals surface area contributed by atoms with Crippen LogP contribution in [0, 0.1) is 5.92 Å². The highest BCUT2D eigenvalue weighted by molar-refractivity contribution is 5.94. The highest BCUT2D eigenvalue weighted by atomic mass is 16.2. The number of nitrogen functional groups attached to an aromatic ring is 1. The molecular formula is C16H23N5O2. The van der Waals surface area contributed by atoms with Gasteiger partial charge in [0, 0.05) is 24.6 Å². The summed E-state index contributed by atoms with van der Waals surface area (Å²) in [4.78, 5) is 27.4. The molecule has 0 saturated heterocycles. The fourth-order valence-corrected chi connectivity index (χ4v) is 2.59. The van der Waals surface area contributed by atoms with Crippen LogP contribution in [0.25, 0.3) is 11.0 Å². The molecule has 2 amide bonds. The maximum atomic E-state index is 12.1. The Labute approximate surface area is 135 Å². The maximum absolute atomic E-state index is 12.1. The fourth-order valence-electron chi connectivity index (χ4n) is 2.59. The molecule has 2 aromatic rings. The van der Waals surface area contributed by atoms with Crippen molar-refractivity contribution < 1.29 is 9.59 Å². The molecule has 7 nitrogen and oxygen atoms in total. The van der Waals surface area contributed by atoms with Gasteiger partial charge in [-0.1, -0.05) is 13.8 Å². The smallest absolute Gasteiger partial charge is 0.227 e. The van der Waals surface area contributed by atoms with E-state index in [2.05, 4.69) is 10.3 Å². The quantitative estimate of drug-likeness (QED) is 0.722. The Morgan fingerprint density at radius 3 is 2.61 bits per heavy atom. The number of fused-ring (bicyclic) bond motifs is 1. The largest absolute Gasteiger partial charge is 0.370 e. The molecule has 0 bridgehead atoms. The van der Waals surface area contributed by atoms with Crippen molar-refractivity contribution in [3.8, 4) is 0 Å². The van der Waals surface area contributed by atoms with E-state index in [1.807, 2.05) is 26.0 Å². The first-order valence-electron chi connectivity index (χ1n) is 7.81. The number of rotatable bonds is 7. The highest BCUT2D eigenvalue weighted by Gasteiger charge is 2.15. The number of imidazole rings is 1. The highest BCUT2D eigenvalue weighted by Crippen LogP contribution is 2.23. The zero-order valence-electron chi connectivity index (χ0n) is 13.5. The zero-order valence-corrected chi connectivity index (χ0v) is 13.5. The van der Waals surface area contributed by atoms with E-state index in [0.717, 1.165) is 18.4 Å². The number of anilines is 2. The number of carbonyl (C=O) groups excluding carboxylic acids is 2. The lowest BCUT2D eigenvalue weighted by Gasteiger charge is -2.12. The molecule has 0 fully saturated rings. The number of benzene rings is 1. The minimum absolute atomic E-state index is 0.00360. The van der Waals surface area contributed by atoms with E-state index in [-0.39, 0.29) is 24.2 Å². The van der Waals surface area contributed by atoms with Gasteiger partial charge < -0.3 is 21.4 Å². The predicted octanol–water partition coefficient (Wildman–Crippen LogP) is 1.87. The van der Waals surface area contributed by atoms with Crippen molar-refractivity contribution in [2.75, 3.05) is 11.1 Å². The molecule has 0 spiro atoms. The minimum Gasteiger partial charge on any atom is -0.370 e. The summed E-state index contributed by atoms with van der Waals surface area (Å²) in [6.07, 6.45) is 1.81. The topological polar surface area (TPSA) is 116 Å². The van der Waals surface area contributed by atoms with Crippen molar-refractivity contribution in [1.82, 2.24) is 9.55 Å². The second kappa shape index (κ2) is 7.13. The molecule has 0 aliphatic carbocycles. The molecule has 0 saturated carbocycles. The number of hydrogen-bond acceptors (Lipinski definition) is 4. The molecule has 1 aromatic heterocycles. The first kappa shape index (κ1) is 16.8. The fraction of sp³-hybridized carbons (Fsp3) is 0.438. The van der Waals surface area contributed by atoms with Gasteiger partial charge in [-0.2, -0.15) is 0 Å². The van der Waals surface area contributed by atoms with Crippen LogP contribution in [0.15, 0.2) is 18.2 Å². The number of primary amides is 1. The Morgan fingerprint density at radius 2 is 2.00 bits per heavy atom. The molecule has 1 aromatic carbocycles. The molecular weight excluding hydrogens is 294 g/mol. The van der Waals surface area contributed by atoms with Gasteiger partial charge in [0.05, 0.1) is 11.0 Å². The van der Waals surface area contributed by atoms with Crippen LogP contribution < -0.4 is 16.8 Å². The number of nitrogens with one attached hydrogen (secondary N) is 1. The van der Waals surface area contributed by atoms with Crippen LogP contribution in [-0.4, -0.2) is 21.4 Å². The van der Waals surface area contributed by atoms with E-state index in [4.69, 9.17) is 11.5 Å². The van der Waals surface area contributed by atoms with Crippen LogP contribution in [0.5, 0.6) is 0 Å². The van der Waals surface area contributed by atoms with Gasteiger partial charge in [0.2, 0.25) is 17.8 Å². The van der Waals surface area contributed by atoms with Crippen molar-refractivity contribution in [3.05, 3.63) is 18.2 Å². The van der Waals surface area contributed by atoms with Gasteiger partial charge >= 0.3 is 0 Å². The molecule has 2 rings (SSSR count). The van der Waals surface area contributed by atoms with Gasteiger partial charge in [0.25, 0.3) is 0 Å². The van der Waals surface area contributed by atoms with Crippen LogP contribution >= 0.6 is 0 Å². The Balaban J connectivity index is 2.23. The average molecular weight is 317 g/mol. The lowest BCUT2D eigenvalue weighted by atomic mass is 10.0. The third-order valence-corrected chi connectivity index (χ3v) is 3.98. The lowest BCUT2D eigenvalue weighted by molar-refractivity contribution is -0.120. The van der Waals surface area contributed by atoms with Crippen molar-refractivity contribution in [2.45, 2.75) is 39.7 Å². The average Bonchev–Trinajstić information content (AvgIpc) is 2.81. The number of hydrogen-bond donors (Lipinski definition) is 3. The van der Waals surface area contributed by atoms with Gasteiger partial charge in [0.1, 0.15) is 0 Å². The third kappa shape index (κ3) is 3.80. The van der Waals surface area contributed by atoms with Crippen LogP contribution in [0.3, 0.4) is 0 Å². The van der Waals surface area contributed by atoms with E-state index in [1.165, 1.54) is 0 Å². The Bertz CT molecular complexity index is 719. The van der Waals surface area contributed by atoms with E-state index >= 15 is 0 Å². The van der Waals surface area contributed by atoms with E-state index in [1.54, 1.807) is 10.6 Å². The summed E-state index contributed by atoms with van der Waals surface area (Å²) in [6, 6.07) is 5.43. The summed E-state index contributed by atoms with van der Waals surface area (Å²) >= 11 is 0. The van der Waals surface area contributed by atoms with Crippen LogP contribution in [-0.2, 0) is 16.1 Å². The molecule has 23 heavy (non-hydrogen) atoms. The first-order valence-corrected chi connectivity index (χ1v) is 7.81. The summed E-state index contributed by atoms with van der Waals surface area (Å²) in [5.74, 6) is -0.0515. The third-order valence-electron chi connectivity index (χ3n) is 3.98. The Morgan fingerprint density at radius 1 is 1.30 bits per heavy atom. The van der Waals surface area contributed by atoms with Crippen LogP contribution in [0.2, 0.25) is 0 Å². The van der Waals surface area contributed by atoms with Gasteiger partial charge in [0.15, 0.2) is 0 Å². The number of nitrogens with zero attached hydrogens (tertiary/aromatic N) is 2. The molecule has 7 heteroatoms. The predicted molar refractivity (Wildman–Crippen MR) is 90.7 cm³/mol. The number of carbonyl (C=O) groups is 2. The molecule has 124 valence electrons. The molecule has 0 unspecified atom stereocenters. The normalized spacial score (nSPS) is 11.1. The van der Waals surface area contributed by atoms with Crippen LogP contribution in [0.1, 0.15) is 33.1 Å². The number of amides is 2. The molecule has 5 N–H and O–H groups in total.